The van der Waals surface area contributed by atoms with Gasteiger partial charge in [0.1, 0.15) is 0 Å². The van der Waals surface area contributed by atoms with Gasteiger partial charge in [-0.25, -0.2) is 4.79 Å². The largest absolute Gasteiger partial charge is 0.396 e. The minimum Gasteiger partial charge on any atom is -0.396 e. The number of anilines is 1. The molecule has 5 heteroatoms. The van der Waals surface area contributed by atoms with Crippen LogP contribution in [0.4, 0.5) is 10.5 Å². The zero-order valence-electron chi connectivity index (χ0n) is 14.7. The number of amides is 2. The van der Waals surface area contributed by atoms with Crippen molar-refractivity contribution in [3.8, 4) is 0 Å². The van der Waals surface area contributed by atoms with Crippen molar-refractivity contribution in [1.29, 1.82) is 0 Å². The molecule has 0 heterocycles. The van der Waals surface area contributed by atoms with Crippen LogP contribution in [0.5, 0.6) is 0 Å². The summed E-state index contributed by atoms with van der Waals surface area (Å²) in [5.74, 6) is 0. The molecule has 0 radical (unpaired) electrons. The minimum absolute atomic E-state index is 0.0357. The van der Waals surface area contributed by atoms with Crippen molar-refractivity contribution in [1.82, 2.24) is 5.32 Å². The third kappa shape index (κ3) is 5.89. The molecule has 0 saturated heterocycles. The van der Waals surface area contributed by atoms with E-state index < -0.39 is 0 Å². The molecule has 0 aliphatic heterocycles. The maximum Gasteiger partial charge on any atom is 0.319 e. The maximum absolute atomic E-state index is 12.4. The molecule has 2 amide bonds. The molecule has 5 nitrogen and oxygen atoms in total. The lowest BCUT2D eigenvalue weighted by atomic mass is 10.0. The quantitative estimate of drug-likeness (QED) is 0.678. The average Bonchev–Trinajstić information content (AvgIpc) is 2.65. The predicted molar refractivity (Wildman–Crippen MR) is 99.5 cm³/mol. The van der Waals surface area contributed by atoms with E-state index in [9.17, 15) is 4.79 Å². The van der Waals surface area contributed by atoms with Gasteiger partial charge < -0.3 is 20.5 Å². The molecule has 2 atom stereocenters. The highest BCUT2D eigenvalue weighted by molar-refractivity contribution is 5.89. The van der Waals surface area contributed by atoms with Crippen LogP contribution >= 0.6 is 0 Å². The molecule has 0 bridgehead atoms. The zero-order chi connectivity index (χ0) is 18.1. The Morgan fingerprint density at radius 2 is 1.84 bits per heavy atom. The number of ether oxygens (including phenoxy) is 1. The summed E-state index contributed by atoms with van der Waals surface area (Å²) < 4.78 is 5.31. The van der Waals surface area contributed by atoms with E-state index >= 15 is 0 Å². The van der Waals surface area contributed by atoms with Crippen molar-refractivity contribution in [3.63, 3.8) is 0 Å². The fraction of sp³-hybridized carbons (Fsp3) is 0.350. The Hall–Kier alpha value is -2.37. The van der Waals surface area contributed by atoms with Crippen LogP contribution < -0.4 is 10.6 Å². The number of hydrogen-bond donors (Lipinski definition) is 3. The monoisotopic (exact) mass is 342 g/mol. The van der Waals surface area contributed by atoms with Gasteiger partial charge >= 0.3 is 6.03 Å². The molecule has 0 aromatic heterocycles. The van der Waals surface area contributed by atoms with Crippen molar-refractivity contribution >= 4 is 11.7 Å². The Morgan fingerprint density at radius 3 is 2.52 bits per heavy atom. The highest BCUT2D eigenvalue weighted by Gasteiger charge is 2.14. The normalized spacial score (nSPS) is 13.1. The van der Waals surface area contributed by atoms with Crippen LogP contribution in [0.3, 0.4) is 0 Å². The van der Waals surface area contributed by atoms with Crippen LogP contribution in [0.1, 0.15) is 43.0 Å². The molecule has 0 fully saturated rings. The van der Waals surface area contributed by atoms with Gasteiger partial charge in [0.05, 0.1) is 12.1 Å². The Morgan fingerprint density at radius 1 is 1.12 bits per heavy atom. The van der Waals surface area contributed by atoms with Gasteiger partial charge in [-0.15, -0.1) is 0 Å². The number of benzene rings is 2. The van der Waals surface area contributed by atoms with Crippen molar-refractivity contribution < 1.29 is 14.6 Å². The van der Waals surface area contributed by atoms with Gasteiger partial charge in [-0.2, -0.15) is 0 Å². The highest BCUT2D eigenvalue weighted by Crippen LogP contribution is 2.21. The third-order valence-corrected chi connectivity index (χ3v) is 4.13. The van der Waals surface area contributed by atoms with Gasteiger partial charge in [0.2, 0.25) is 0 Å². The van der Waals surface area contributed by atoms with Crippen LogP contribution in [0, 0.1) is 0 Å². The number of urea groups is 1. The number of hydrogen-bond acceptors (Lipinski definition) is 3. The topological polar surface area (TPSA) is 70.6 Å². The summed E-state index contributed by atoms with van der Waals surface area (Å²) in [6.45, 7) is 2.06. The smallest absolute Gasteiger partial charge is 0.319 e. The summed E-state index contributed by atoms with van der Waals surface area (Å²) in [7, 11) is 1.66. The molecule has 25 heavy (non-hydrogen) atoms. The van der Waals surface area contributed by atoms with E-state index in [0.29, 0.717) is 18.5 Å². The summed E-state index contributed by atoms with van der Waals surface area (Å²) in [5, 5.41) is 15.0. The van der Waals surface area contributed by atoms with E-state index in [2.05, 4.69) is 10.6 Å². The predicted octanol–water partition coefficient (Wildman–Crippen LogP) is 4.03. The Balaban J connectivity index is 2.03. The van der Waals surface area contributed by atoms with E-state index in [1.807, 2.05) is 61.5 Å². The summed E-state index contributed by atoms with van der Waals surface area (Å²) in [6, 6.07) is 17.0. The SMILES string of the molecule is CO[C@H](C)c1cccc(NC(=O)N[C@H](CCCO)c2ccccc2)c1. The zero-order valence-corrected chi connectivity index (χ0v) is 14.7. The van der Waals surface area contributed by atoms with Crippen LogP contribution in [-0.2, 0) is 4.74 Å². The first-order valence-electron chi connectivity index (χ1n) is 8.50. The van der Waals surface area contributed by atoms with E-state index in [1.165, 1.54) is 0 Å². The van der Waals surface area contributed by atoms with Crippen molar-refractivity contribution in [2.24, 2.45) is 0 Å². The molecule has 3 N–H and O–H groups in total. The first-order valence-corrected chi connectivity index (χ1v) is 8.50. The highest BCUT2D eigenvalue weighted by atomic mass is 16.5. The van der Waals surface area contributed by atoms with E-state index in [1.54, 1.807) is 7.11 Å². The van der Waals surface area contributed by atoms with Crippen LogP contribution in [0.15, 0.2) is 54.6 Å². The van der Waals surface area contributed by atoms with Gasteiger partial charge in [-0.3, -0.25) is 0 Å². The maximum atomic E-state index is 12.4. The van der Waals surface area contributed by atoms with E-state index in [4.69, 9.17) is 9.84 Å². The van der Waals surface area contributed by atoms with Gasteiger partial charge in [0, 0.05) is 19.4 Å². The molecular weight excluding hydrogens is 316 g/mol. The second-order valence-corrected chi connectivity index (χ2v) is 5.93. The molecule has 2 aromatic rings. The van der Waals surface area contributed by atoms with Gasteiger partial charge in [-0.05, 0) is 43.0 Å². The van der Waals surface area contributed by atoms with Crippen LogP contribution in [0.2, 0.25) is 0 Å². The minimum atomic E-state index is -0.269. The summed E-state index contributed by atoms with van der Waals surface area (Å²) in [4.78, 5) is 12.4. The molecule has 0 aliphatic carbocycles. The van der Waals surface area contributed by atoms with Crippen molar-refractivity contribution in [3.05, 3.63) is 65.7 Å². The standard InChI is InChI=1S/C20H26N2O3/c1-15(25-2)17-10-6-11-18(14-17)21-20(24)22-19(12-7-13-23)16-8-4-3-5-9-16/h3-6,8-11,14-15,19,23H,7,12-13H2,1-2H3,(H2,21,22,24)/t15-,19-/m1/s1. The number of rotatable bonds is 8. The first kappa shape index (κ1) is 19.0. The molecule has 0 unspecified atom stereocenters. The summed E-state index contributed by atoms with van der Waals surface area (Å²) >= 11 is 0. The molecule has 0 saturated carbocycles. The summed E-state index contributed by atoms with van der Waals surface area (Å²) in [6.07, 6.45) is 1.27. The lowest BCUT2D eigenvalue weighted by molar-refractivity contribution is 0.119. The first-order chi connectivity index (χ1) is 12.1. The molecule has 0 aliphatic rings. The second kappa shape index (κ2) is 9.81. The Kier molecular flexibility index (Phi) is 7.44. The lowest BCUT2D eigenvalue weighted by Gasteiger charge is -2.20. The molecule has 134 valence electrons. The number of carbonyl (C=O) groups is 1. The number of nitrogens with one attached hydrogen (secondary N) is 2. The number of carbonyl (C=O) groups excluding carboxylic acids is 1. The van der Waals surface area contributed by atoms with Gasteiger partial charge in [-0.1, -0.05) is 42.5 Å². The molecular formula is C20H26N2O3. The molecule has 2 rings (SSSR count). The fourth-order valence-electron chi connectivity index (χ4n) is 2.63. The van der Waals surface area contributed by atoms with Crippen molar-refractivity contribution in [2.75, 3.05) is 19.0 Å². The van der Waals surface area contributed by atoms with Crippen LogP contribution in [0.25, 0.3) is 0 Å². The molecule has 0 spiro atoms. The van der Waals surface area contributed by atoms with E-state index in [0.717, 1.165) is 11.1 Å². The number of aliphatic hydroxyl groups is 1. The third-order valence-electron chi connectivity index (χ3n) is 4.13. The fourth-order valence-corrected chi connectivity index (χ4v) is 2.63. The Labute approximate surface area is 149 Å². The summed E-state index contributed by atoms with van der Waals surface area (Å²) in [5.41, 5.74) is 2.74. The average molecular weight is 342 g/mol. The lowest BCUT2D eigenvalue weighted by Crippen LogP contribution is -2.32. The molecule has 2 aromatic carbocycles. The van der Waals surface area contributed by atoms with Crippen molar-refractivity contribution in [2.45, 2.75) is 31.9 Å². The van der Waals surface area contributed by atoms with Gasteiger partial charge in [0.25, 0.3) is 0 Å². The van der Waals surface area contributed by atoms with E-state index in [-0.39, 0.29) is 24.8 Å². The second-order valence-electron chi connectivity index (χ2n) is 5.93. The number of aliphatic hydroxyl groups excluding tert-OH is 1. The number of methoxy groups -OCH3 is 1. The Bertz CT molecular complexity index is 661. The van der Waals surface area contributed by atoms with Gasteiger partial charge in [0.15, 0.2) is 0 Å². The van der Waals surface area contributed by atoms with Crippen LogP contribution in [-0.4, -0.2) is 24.9 Å².